The van der Waals surface area contributed by atoms with Crippen LogP contribution in [0.25, 0.3) is 11.2 Å². The van der Waals surface area contributed by atoms with E-state index in [1.807, 2.05) is 22.8 Å². The molecule has 3 heterocycles. The Morgan fingerprint density at radius 2 is 1.89 bits per heavy atom. The molecule has 5 nitrogen and oxygen atoms in total. The molecule has 2 aliphatic rings. The third kappa shape index (κ3) is 2.69. The number of piperidine rings is 1. The Morgan fingerprint density at radius 3 is 2.63 bits per heavy atom. The Bertz CT molecular complexity index is 1000. The summed E-state index contributed by atoms with van der Waals surface area (Å²) in [6, 6.07) is 11.9. The van der Waals surface area contributed by atoms with Crippen molar-refractivity contribution >= 4 is 17.1 Å². The number of likely N-dealkylation sites (tertiary alicyclic amines) is 1. The van der Waals surface area contributed by atoms with Crippen molar-refractivity contribution in [1.29, 1.82) is 0 Å². The van der Waals surface area contributed by atoms with Gasteiger partial charge in [-0.05, 0) is 18.1 Å². The largest absolute Gasteiger partial charge is 0.338 e. The molecule has 1 saturated heterocycles. The topological polar surface area (TPSA) is 51.0 Å². The fourth-order valence-corrected chi connectivity index (χ4v) is 3.98. The lowest BCUT2D eigenvalue weighted by molar-refractivity contribution is 0.0458. The monoisotopic (exact) mass is 368 g/mol. The van der Waals surface area contributed by atoms with Crippen LogP contribution in [0.2, 0.25) is 0 Å². The second-order valence-electron chi connectivity index (χ2n) is 7.34. The molecular formula is C20H18F2N4O. The summed E-state index contributed by atoms with van der Waals surface area (Å²) in [6.07, 6.45) is 4.10. The number of amides is 1. The molecule has 1 aliphatic carbocycles. The van der Waals surface area contributed by atoms with Crippen molar-refractivity contribution in [2.75, 3.05) is 13.1 Å². The Balaban J connectivity index is 1.31. The highest BCUT2D eigenvalue weighted by Gasteiger charge is 2.72. The molecule has 1 aliphatic heterocycles. The number of hydrogen-bond donors (Lipinski definition) is 0. The summed E-state index contributed by atoms with van der Waals surface area (Å²) in [5, 5.41) is 0. The molecule has 2 fully saturated rings. The number of aryl methyl sites for hydroxylation is 2. The number of aromatic nitrogens is 3. The molecule has 0 radical (unpaired) electrons. The highest BCUT2D eigenvalue weighted by atomic mass is 19.3. The SMILES string of the molecule is O=C(c1cnc2c(c1)ncn2CCc1ccccc1)N1CC2C(C1)C2(F)F. The van der Waals surface area contributed by atoms with Gasteiger partial charge in [-0.1, -0.05) is 30.3 Å². The molecule has 1 aromatic carbocycles. The van der Waals surface area contributed by atoms with Gasteiger partial charge in [0.25, 0.3) is 11.8 Å². The van der Waals surface area contributed by atoms with Gasteiger partial charge in [0.2, 0.25) is 0 Å². The zero-order valence-corrected chi connectivity index (χ0v) is 14.6. The molecule has 5 rings (SSSR count). The standard InChI is InChI=1S/C20H18F2N4O/c21-20(22)15-10-26(11-16(15)20)19(27)14-8-17-18(23-9-14)25(12-24-17)7-6-13-4-2-1-3-5-13/h1-5,8-9,12,15-16H,6-7,10-11H2. The van der Waals surface area contributed by atoms with Crippen molar-refractivity contribution < 1.29 is 13.6 Å². The van der Waals surface area contributed by atoms with Crippen molar-refractivity contribution in [2.45, 2.75) is 18.9 Å². The summed E-state index contributed by atoms with van der Waals surface area (Å²) in [7, 11) is 0. The lowest BCUT2D eigenvalue weighted by Gasteiger charge is -2.19. The lowest BCUT2D eigenvalue weighted by Crippen LogP contribution is -2.33. The van der Waals surface area contributed by atoms with Crippen LogP contribution < -0.4 is 0 Å². The van der Waals surface area contributed by atoms with Crippen LogP contribution in [-0.2, 0) is 13.0 Å². The molecule has 0 N–H and O–H groups in total. The Morgan fingerprint density at radius 1 is 1.15 bits per heavy atom. The van der Waals surface area contributed by atoms with E-state index in [-0.39, 0.29) is 19.0 Å². The second-order valence-corrected chi connectivity index (χ2v) is 7.34. The molecule has 2 unspecified atom stereocenters. The Kier molecular flexibility index (Phi) is 3.54. The minimum absolute atomic E-state index is 0.125. The molecule has 0 bridgehead atoms. The van der Waals surface area contributed by atoms with Gasteiger partial charge < -0.3 is 9.47 Å². The predicted octanol–water partition coefficient (Wildman–Crippen LogP) is 3.01. The molecule has 1 saturated carbocycles. The highest BCUT2D eigenvalue weighted by molar-refractivity contribution is 5.96. The number of fused-ring (bicyclic) bond motifs is 2. The molecule has 7 heteroatoms. The van der Waals surface area contributed by atoms with Crippen LogP contribution in [0, 0.1) is 11.8 Å². The first-order valence-corrected chi connectivity index (χ1v) is 9.06. The number of imidazole rings is 1. The molecule has 2 atom stereocenters. The predicted molar refractivity (Wildman–Crippen MR) is 95.5 cm³/mol. The van der Waals surface area contributed by atoms with Gasteiger partial charge in [-0.25, -0.2) is 18.7 Å². The van der Waals surface area contributed by atoms with Crippen molar-refractivity contribution in [3.8, 4) is 0 Å². The van der Waals surface area contributed by atoms with Crippen molar-refractivity contribution in [1.82, 2.24) is 19.4 Å². The van der Waals surface area contributed by atoms with Gasteiger partial charge in [0, 0.05) is 25.8 Å². The van der Waals surface area contributed by atoms with Crippen LogP contribution in [0.1, 0.15) is 15.9 Å². The average molecular weight is 368 g/mol. The summed E-state index contributed by atoms with van der Waals surface area (Å²) >= 11 is 0. The molecule has 1 amide bonds. The molecule has 138 valence electrons. The van der Waals surface area contributed by atoms with Gasteiger partial charge >= 0.3 is 0 Å². The summed E-state index contributed by atoms with van der Waals surface area (Å²) < 4.78 is 28.6. The molecule has 27 heavy (non-hydrogen) atoms. The first-order valence-electron chi connectivity index (χ1n) is 9.06. The van der Waals surface area contributed by atoms with E-state index in [1.165, 1.54) is 16.7 Å². The van der Waals surface area contributed by atoms with Gasteiger partial charge in [0.1, 0.15) is 5.52 Å². The number of benzene rings is 1. The number of nitrogens with zero attached hydrogens (tertiary/aromatic N) is 4. The minimum atomic E-state index is -2.59. The summed E-state index contributed by atoms with van der Waals surface area (Å²) in [5.41, 5.74) is 3.00. The molecule has 3 aromatic rings. The normalized spacial score (nSPS) is 22.8. The van der Waals surface area contributed by atoms with Crippen LogP contribution in [0.3, 0.4) is 0 Å². The summed E-state index contributed by atoms with van der Waals surface area (Å²) in [6.45, 7) is 0.992. The molecular weight excluding hydrogens is 350 g/mol. The third-order valence-electron chi connectivity index (χ3n) is 5.67. The number of carbonyl (C=O) groups excluding carboxylic acids is 1. The number of pyridine rings is 1. The fraction of sp³-hybridized carbons (Fsp3) is 0.350. The Hall–Kier alpha value is -2.83. The van der Waals surface area contributed by atoms with E-state index in [1.54, 1.807) is 12.4 Å². The van der Waals surface area contributed by atoms with Crippen LogP contribution in [0.5, 0.6) is 0 Å². The second kappa shape index (κ2) is 5.84. The smallest absolute Gasteiger partial charge is 0.258 e. The highest BCUT2D eigenvalue weighted by Crippen LogP contribution is 2.59. The number of halogens is 2. The summed E-state index contributed by atoms with van der Waals surface area (Å²) in [4.78, 5) is 22.9. The van der Waals surface area contributed by atoms with Gasteiger partial charge in [-0.2, -0.15) is 0 Å². The zero-order valence-electron chi connectivity index (χ0n) is 14.6. The zero-order chi connectivity index (χ0) is 18.6. The Labute approximate surface area is 154 Å². The minimum Gasteiger partial charge on any atom is -0.338 e. The average Bonchev–Trinajstić information content (AvgIpc) is 3.11. The van der Waals surface area contributed by atoms with Gasteiger partial charge in [0.15, 0.2) is 5.65 Å². The fourth-order valence-electron chi connectivity index (χ4n) is 3.98. The molecule has 2 aromatic heterocycles. The van der Waals surface area contributed by atoms with Crippen molar-refractivity contribution in [3.63, 3.8) is 0 Å². The van der Waals surface area contributed by atoms with Crippen LogP contribution in [-0.4, -0.2) is 44.4 Å². The maximum Gasteiger partial charge on any atom is 0.258 e. The first-order chi connectivity index (χ1) is 13.0. The van der Waals surface area contributed by atoms with E-state index in [2.05, 4.69) is 22.1 Å². The van der Waals surface area contributed by atoms with E-state index in [4.69, 9.17) is 0 Å². The number of carbonyl (C=O) groups is 1. The number of rotatable bonds is 4. The van der Waals surface area contributed by atoms with E-state index < -0.39 is 17.8 Å². The quantitative estimate of drug-likeness (QED) is 0.711. The maximum atomic E-state index is 13.3. The van der Waals surface area contributed by atoms with E-state index in [0.29, 0.717) is 11.1 Å². The van der Waals surface area contributed by atoms with E-state index in [9.17, 15) is 13.6 Å². The van der Waals surface area contributed by atoms with E-state index in [0.717, 1.165) is 18.6 Å². The molecule has 0 spiro atoms. The number of alkyl halides is 2. The lowest BCUT2D eigenvalue weighted by atomic mass is 10.1. The third-order valence-corrected chi connectivity index (χ3v) is 5.67. The van der Waals surface area contributed by atoms with Gasteiger partial charge in [0.05, 0.1) is 23.7 Å². The van der Waals surface area contributed by atoms with Crippen LogP contribution >= 0.6 is 0 Å². The van der Waals surface area contributed by atoms with Crippen LogP contribution in [0.4, 0.5) is 8.78 Å². The number of hydrogen-bond acceptors (Lipinski definition) is 3. The maximum absolute atomic E-state index is 13.3. The first kappa shape index (κ1) is 16.4. The van der Waals surface area contributed by atoms with Crippen LogP contribution in [0.15, 0.2) is 48.9 Å². The summed E-state index contributed by atoms with van der Waals surface area (Å²) in [5.74, 6) is -4.17. The van der Waals surface area contributed by atoms with Crippen molar-refractivity contribution in [3.05, 3.63) is 60.0 Å². The van der Waals surface area contributed by atoms with Crippen molar-refractivity contribution in [2.24, 2.45) is 11.8 Å². The van der Waals surface area contributed by atoms with E-state index >= 15 is 0 Å². The van der Waals surface area contributed by atoms with Gasteiger partial charge in [-0.3, -0.25) is 4.79 Å². The van der Waals surface area contributed by atoms with Gasteiger partial charge in [-0.15, -0.1) is 0 Å².